The fourth-order valence-corrected chi connectivity index (χ4v) is 5.31. The summed E-state index contributed by atoms with van der Waals surface area (Å²) in [6, 6.07) is 25.3. The quantitative estimate of drug-likeness (QED) is 0.150. The Labute approximate surface area is 233 Å². The van der Waals surface area contributed by atoms with Gasteiger partial charge in [-0.1, -0.05) is 54.6 Å². The molecule has 0 aliphatic carbocycles. The van der Waals surface area contributed by atoms with Crippen LogP contribution < -0.4 is 10.5 Å². The van der Waals surface area contributed by atoms with Gasteiger partial charge in [0, 0.05) is 22.8 Å². The Hall–Kier alpha value is -3.49. The number of nitrogen functional groups attached to an aromatic ring is 1. The van der Waals surface area contributed by atoms with Gasteiger partial charge in [-0.05, 0) is 41.8 Å². The lowest BCUT2D eigenvalue weighted by Gasteiger charge is -2.25. The van der Waals surface area contributed by atoms with Crippen LogP contribution in [0.5, 0.6) is 5.75 Å². The van der Waals surface area contributed by atoms with E-state index in [-0.39, 0.29) is 48.5 Å². The second kappa shape index (κ2) is 13.9. The van der Waals surface area contributed by atoms with Gasteiger partial charge in [0.2, 0.25) is 5.91 Å². The highest BCUT2D eigenvalue weighted by atomic mass is 35.5. The van der Waals surface area contributed by atoms with Crippen molar-refractivity contribution in [2.45, 2.75) is 23.8 Å². The first-order valence-corrected chi connectivity index (χ1v) is 13.2. The second-order valence-corrected chi connectivity index (χ2v) is 10.1. The summed E-state index contributed by atoms with van der Waals surface area (Å²) in [5.41, 5.74) is 8.27. The Bertz CT molecular complexity index is 1220. The van der Waals surface area contributed by atoms with Gasteiger partial charge in [-0.25, -0.2) is 0 Å². The van der Waals surface area contributed by atoms with Gasteiger partial charge in [-0.15, -0.1) is 24.2 Å². The number of nitrogens with two attached hydrogens (primary N) is 1. The van der Waals surface area contributed by atoms with Crippen LogP contribution in [0.3, 0.4) is 0 Å². The van der Waals surface area contributed by atoms with Crippen LogP contribution in [-0.4, -0.2) is 54.7 Å². The SMILES string of the molecule is COC(=O)C[C@@H]1C[C@@H](COc2ccc(-c3ccc(C(=N)N)cc3)cc2)N(CCSc2ccccc2)C1=O.Cl. The van der Waals surface area contributed by atoms with E-state index in [4.69, 9.17) is 20.6 Å². The first-order valence-electron chi connectivity index (χ1n) is 12.2. The lowest BCUT2D eigenvalue weighted by Crippen LogP contribution is -2.39. The maximum Gasteiger partial charge on any atom is 0.306 e. The largest absolute Gasteiger partial charge is 0.491 e. The number of carbonyl (C=O) groups is 2. The molecule has 9 heteroatoms. The molecule has 3 aromatic carbocycles. The number of amidine groups is 1. The van der Waals surface area contributed by atoms with Gasteiger partial charge in [-0.3, -0.25) is 15.0 Å². The van der Waals surface area contributed by atoms with Gasteiger partial charge in [-0.2, -0.15) is 0 Å². The number of thioether (sulfide) groups is 1. The highest BCUT2D eigenvalue weighted by Crippen LogP contribution is 2.30. The molecule has 38 heavy (non-hydrogen) atoms. The number of halogens is 1. The summed E-state index contributed by atoms with van der Waals surface area (Å²) in [7, 11) is 1.35. The second-order valence-electron chi connectivity index (χ2n) is 8.89. The molecule has 0 bridgehead atoms. The fraction of sp³-hybridized carbons (Fsp3) is 0.276. The summed E-state index contributed by atoms with van der Waals surface area (Å²) in [5.74, 6) is 0.744. The monoisotopic (exact) mass is 553 g/mol. The van der Waals surface area contributed by atoms with E-state index in [2.05, 4.69) is 12.1 Å². The van der Waals surface area contributed by atoms with Gasteiger partial charge in [0.25, 0.3) is 0 Å². The molecule has 0 spiro atoms. The van der Waals surface area contributed by atoms with Gasteiger partial charge in [0.1, 0.15) is 18.2 Å². The highest BCUT2D eigenvalue weighted by molar-refractivity contribution is 7.99. The van der Waals surface area contributed by atoms with Crippen molar-refractivity contribution in [1.82, 2.24) is 4.90 Å². The van der Waals surface area contributed by atoms with Crippen molar-refractivity contribution in [3.8, 4) is 16.9 Å². The zero-order chi connectivity index (χ0) is 26.2. The topological polar surface area (TPSA) is 106 Å². The average molecular weight is 554 g/mol. The highest BCUT2D eigenvalue weighted by Gasteiger charge is 2.40. The number of ether oxygens (including phenoxy) is 2. The van der Waals surface area contributed by atoms with Crippen molar-refractivity contribution in [2.24, 2.45) is 11.7 Å². The van der Waals surface area contributed by atoms with Crippen molar-refractivity contribution in [2.75, 3.05) is 26.0 Å². The molecule has 0 aromatic heterocycles. The molecule has 3 aromatic rings. The number of nitrogens with zero attached hydrogens (tertiary/aromatic N) is 1. The number of likely N-dealkylation sites (tertiary alicyclic amines) is 1. The molecular weight excluding hydrogens is 522 g/mol. The molecule has 3 N–H and O–H groups in total. The first kappa shape index (κ1) is 29.1. The predicted molar refractivity (Wildman–Crippen MR) is 153 cm³/mol. The third-order valence-corrected chi connectivity index (χ3v) is 7.43. The van der Waals surface area contributed by atoms with Crippen LogP contribution in [0.2, 0.25) is 0 Å². The molecule has 0 unspecified atom stereocenters. The molecular formula is C29H32ClN3O4S. The minimum absolute atomic E-state index is 0. The van der Waals surface area contributed by atoms with E-state index in [9.17, 15) is 9.59 Å². The molecule has 1 saturated heterocycles. The number of nitrogens with one attached hydrogen (secondary N) is 1. The van der Waals surface area contributed by atoms with Crippen molar-refractivity contribution in [3.63, 3.8) is 0 Å². The van der Waals surface area contributed by atoms with E-state index in [1.165, 1.54) is 7.11 Å². The van der Waals surface area contributed by atoms with Crippen LogP contribution in [-0.2, 0) is 14.3 Å². The third kappa shape index (κ3) is 7.52. The Kier molecular flexibility index (Phi) is 10.6. The lowest BCUT2D eigenvalue weighted by molar-refractivity contribution is -0.144. The van der Waals surface area contributed by atoms with E-state index in [0.717, 1.165) is 21.8 Å². The van der Waals surface area contributed by atoms with Crippen LogP contribution in [0.25, 0.3) is 11.1 Å². The van der Waals surface area contributed by atoms with Crippen LogP contribution in [0, 0.1) is 11.3 Å². The van der Waals surface area contributed by atoms with Crippen molar-refractivity contribution >= 4 is 41.9 Å². The molecule has 1 fully saturated rings. The van der Waals surface area contributed by atoms with E-state index < -0.39 is 0 Å². The molecule has 7 nitrogen and oxygen atoms in total. The number of hydrogen-bond donors (Lipinski definition) is 2. The van der Waals surface area contributed by atoms with Gasteiger partial charge in [0.05, 0.1) is 25.5 Å². The van der Waals surface area contributed by atoms with Crippen molar-refractivity contribution in [1.29, 1.82) is 5.41 Å². The number of rotatable bonds is 11. The summed E-state index contributed by atoms with van der Waals surface area (Å²) in [6.45, 7) is 0.936. The smallest absolute Gasteiger partial charge is 0.306 e. The molecule has 4 rings (SSSR count). The molecule has 1 amide bonds. The predicted octanol–water partition coefficient (Wildman–Crippen LogP) is 5.01. The Morgan fingerprint density at radius 1 is 1.03 bits per heavy atom. The Morgan fingerprint density at radius 3 is 2.26 bits per heavy atom. The number of amides is 1. The summed E-state index contributed by atoms with van der Waals surface area (Å²) < 4.78 is 10.9. The summed E-state index contributed by atoms with van der Waals surface area (Å²) in [5, 5.41) is 7.53. The maximum absolute atomic E-state index is 13.1. The summed E-state index contributed by atoms with van der Waals surface area (Å²) >= 11 is 1.70. The molecule has 0 saturated carbocycles. The number of benzene rings is 3. The van der Waals surface area contributed by atoms with Gasteiger partial charge in [0.15, 0.2) is 0 Å². The summed E-state index contributed by atoms with van der Waals surface area (Å²) in [6.07, 6.45) is 0.649. The van der Waals surface area contributed by atoms with Crippen molar-refractivity contribution in [3.05, 3.63) is 84.4 Å². The van der Waals surface area contributed by atoms with E-state index in [1.807, 2.05) is 71.6 Å². The van der Waals surface area contributed by atoms with Crippen LogP contribution >= 0.6 is 24.2 Å². The molecule has 0 radical (unpaired) electrons. The number of esters is 1. The standard InChI is InChI=1S/C29H31N3O4S.ClH/c1-35-27(33)18-23-17-24(32(29(23)34)15-16-37-26-5-3-2-4-6-26)19-36-25-13-11-21(12-14-25)20-7-9-22(10-8-20)28(30)31;/h2-14,23-24H,15-19H2,1H3,(H3,30,31);1H/t23-,24-;/m0./s1. The van der Waals surface area contributed by atoms with Crippen LogP contribution in [0.1, 0.15) is 18.4 Å². The van der Waals surface area contributed by atoms with Crippen LogP contribution in [0.4, 0.5) is 0 Å². The molecule has 2 atom stereocenters. The van der Waals surface area contributed by atoms with Gasteiger partial charge < -0.3 is 20.1 Å². The average Bonchev–Trinajstić information content (AvgIpc) is 3.22. The number of methoxy groups -OCH3 is 1. The minimum atomic E-state index is -0.386. The Balaban J connectivity index is 0.00000400. The third-order valence-electron chi connectivity index (χ3n) is 6.44. The molecule has 1 aliphatic heterocycles. The Morgan fingerprint density at radius 2 is 1.66 bits per heavy atom. The first-order chi connectivity index (χ1) is 17.9. The fourth-order valence-electron chi connectivity index (χ4n) is 4.43. The van der Waals surface area contributed by atoms with Crippen molar-refractivity contribution < 1.29 is 19.1 Å². The van der Waals surface area contributed by atoms with E-state index in [1.54, 1.807) is 11.8 Å². The zero-order valence-corrected chi connectivity index (χ0v) is 22.8. The summed E-state index contributed by atoms with van der Waals surface area (Å²) in [4.78, 5) is 28.0. The lowest BCUT2D eigenvalue weighted by atomic mass is 10.0. The number of carbonyl (C=O) groups excluding carboxylic acids is 2. The minimum Gasteiger partial charge on any atom is -0.491 e. The van der Waals surface area contributed by atoms with E-state index >= 15 is 0 Å². The van der Waals surface area contributed by atoms with Gasteiger partial charge >= 0.3 is 5.97 Å². The maximum atomic E-state index is 13.1. The van der Waals surface area contributed by atoms with Crippen LogP contribution in [0.15, 0.2) is 83.8 Å². The van der Waals surface area contributed by atoms with E-state index in [0.29, 0.717) is 30.9 Å². The molecule has 1 aliphatic rings. The molecule has 200 valence electrons. The number of hydrogen-bond acceptors (Lipinski definition) is 6. The normalized spacial score (nSPS) is 16.6. The molecule has 1 heterocycles. The zero-order valence-electron chi connectivity index (χ0n) is 21.2.